The Morgan fingerprint density at radius 3 is 2.67 bits per heavy atom. The first-order chi connectivity index (χ1) is 17.6. The van der Waals surface area contributed by atoms with Crippen LogP contribution in [0.15, 0.2) is 85.7 Å². The molecule has 4 aromatic rings. The number of carbonyl (C=O) groups excluding carboxylic acids is 1. The largest absolute Gasteiger partial charge is 0.450 e. The number of nitrogens with one attached hydrogen (secondary N) is 1. The minimum absolute atomic E-state index is 0.272. The number of hydrogen-bond acceptors (Lipinski definition) is 6. The molecular formula is C29H26N2O4S. The first kappa shape index (κ1) is 23.8. The van der Waals surface area contributed by atoms with Crippen LogP contribution >= 0.6 is 11.8 Å². The Hall–Kier alpha value is -3.97. The van der Waals surface area contributed by atoms with Gasteiger partial charge in [-0.25, -0.2) is 9.59 Å². The van der Waals surface area contributed by atoms with Crippen LogP contribution in [0.4, 0.5) is 21.9 Å². The van der Waals surface area contributed by atoms with E-state index in [4.69, 9.17) is 9.15 Å². The van der Waals surface area contributed by atoms with Gasteiger partial charge in [0.05, 0.1) is 18.0 Å². The molecular weight excluding hydrogens is 472 g/mol. The molecule has 1 N–H and O–H groups in total. The summed E-state index contributed by atoms with van der Waals surface area (Å²) in [6, 6.07) is 21.6. The normalized spacial score (nSPS) is 12.4. The van der Waals surface area contributed by atoms with Crippen molar-refractivity contribution in [1.29, 1.82) is 0 Å². The van der Waals surface area contributed by atoms with E-state index in [1.165, 1.54) is 27.2 Å². The number of hydrogen-bond donors (Lipinski definition) is 1. The molecule has 0 saturated carbocycles. The second-order valence-electron chi connectivity index (χ2n) is 8.36. The first-order valence-corrected chi connectivity index (χ1v) is 12.8. The molecule has 0 radical (unpaired) electrons. The number of fused-ring (bicyclic) bond motifs is 3. The molecule has 6 nitrogen and oxygen atoms in total. The maximum absolute atomic E-state index is 12.2. The van der Waals surface area contributed by atoms with E-state index in [2.05, 4.69) is 59.6 Å². The number of para-hydroxylation sites is 1. The van der Waals surface area contributed by atoms with Crippen molar-refractivity contribution in [3.63, 3.8) is 0 Å². The summed E-state index contributed by atoms with van der Waals surface area (Å²) in [6.45, 7) is 5.16. The summed E-state index contributed by atoms with van der Waals surface area (Å²) in [7, 11) is 0. The van der Waals surface area contributed by atoms with E-state index in [0.29, 0.717) is 11.3 Å². The zero-order valence-corrected chi connectivity index (χ0v) is 20.9. The second-order valence-corrected chi connectivity index (χ2v) is 9.44. The summed E-state index contributed by atoms with van der Waals surface area (Å²) in [5.74, 6) is 0. The Morgan fingerprint density at radius 2 is 1.83 bits per heavy atom. The Morgan fingerprint density at radius 1 is 1.00 bits per heavy atom. The number of carbonyl (C=O) groups is 1. The number of ether oxygens (including phenoxy) is 1. The second kappa shape index (κ2) is 10.3. The van der Waals surface area contributed by atoms with Gasteiger partial charge >= 0.3 is 11.7 Å². The van der Waals surface area contributed by atoms with Crippen molar-refractivity contribution < 1.29 is 13.9 Å². The zero-order valence-electron chi connectivity index (χ0n) is 20.1. The van der Waals surface area contributed by atoms with Gasteiger partial charge < -0.3 is 14.1 Å². The molecule has 0 saturated heterocycles. The van der Waals surface area contributed by atoms with Gasteiger partial charge in [0.15, 0.2) is 0 Å². The highest BCUT2D eigenvalue weighted by Crippen LogP contribution is 2.48. The third-order valence-corrected chi connectivity index (χ3v) is 6.96. The Kier molecular flexibility index (Phi) is 6.82. The van der Waals surface area contributed by atoms with Crippen LogP contribution in [0.1, 0.15) is 31.4 Å². The van der Waals surface area contributed by atoms with Gasteiger partial charge in [0, 0.05) is 39.5 Å². The molecule has 7 heteroatoms. The predicted octanol–water partition coefficient (Wildman–Crippen LogP) is 7.54. The van der Waals surface area contributed by atoms with E-state index < -0.39 is 11.7 Å². The van der Waals surface area contributed by atoms with Crippen LogP contribution in [0.3, 0.4) is 0 Å². The fraction of sp³-hybridized carbons (Fsp3) is 0.172. The van der Waals surface area contributed by atoms with Gasteiger partial charge in [-0.3, -0.25) is 5.32 Å². The van der Waals surface area contributed by atoms with Crippen LogP contribution in [-0.2, 0) is 4.74 Å². The van der Waals surface area contributed by atoms with Crippen LogP contribution in [-0.4, -0.2) is 19.2 Å². The Labute approximate surface area is 213 Å². The van der Waals surface area contributed by atoms with Crippen molar-refractivity contribution >= 4 is 58.0 Å². The van der Waals surface area contributed by atoms with Gasteiger partial charge in [-0.15, -0.1) is 0 Å². The van der Waals surface area contributed by atoms with E-state index >= 15 is 0 Å². The average Bonchev–Trinajstić information content (AvgIpc) is 2.87. The number of amides is 1. The molecule has 0 atom stereocenters. The van der Waals surface area contributed by atoms with Crippen LogP contribution in [0.2, 0.25) is 0 Å². The lowest BCUT2D eigenvalue weighted by Gasteiger charge is -2.32. The summed E-state index contributed by atoms with van der Waals surface area (Å²) in [5, 5.41) is 3.41. The van der Waals surface area contributed by atoms with Gasteiger partial charge in [-0.1, -0.05) is 49.0 Å². The standard InChI is InChI=1S/C29H26N2O4S/c1-3-15-31-23-7-5-6-8-26(23)36-27-16-19(10-14-24(27)31)9-11-20-17-28(32)35-25-18-21(12-13-22(20)25)30-29(33)34-4-2/h5-14,16-18H,3-4,15H2,1-2H3,(H,30,33)/b11-9-. The summed E-state index contributed by atoms with van der Waals surface area (Å²) in [5.41, 5.74) is 4.68. The summed E-state index contributed by atoms with van der Waals surface area (Å²) in [6.07, 6.45) is 4.43. The summed E-state index contributed by atoms with van der Waals surface area (Å²) >= 11 is 1.78. The van der Waals surface area contributed by atoms with Crippen LogP contribution in [0.25, 0.3) is 23.1 Å². The number of nitrogens with zero attached hydrogens (tertiary/aromatic N) is 1. The van der Waals surface area contributed by atoms with E-state index in [9.17, 15) is 9.59 Å². The lowest BCUT2D eigenvalue weighted by Crippen LogP contribution is -2.21. The molecule has 0 spiro atoms. The molecule has 1 aliphatic rings. The highest BCUT2D eigenvalue weighted by molar-refractivity contribution is 7.99. The quantitative estimate of drug-likeness (QED) is 0.277. The van der Waals surface area contributed by atoms with Gasteiger partial charge in [-0.2, -0.15) is 0 Å². The SMILES string of the molecule is CCCN1c2ccccc2Sc2cc(/C=C\c3cc(=O)oc4cc(NC(=O)OCC)ccc34)ccc21. The van der Waals surface area contributed by atoms with Crippen LogP contribution in [0, 0.1) is 0 Å². The van der Waals surface area contributed by atoms with Crippen molar-refractivity contribution in [1.82, 2.24) is 0 Å². The summed E-state index contributed by atoms with van der Waals surface area (Å²) in [4.78, 5) is 28.8. The minimum Gasteiger partial charge on any atom is -0.450 e. The van der Waals surface area contributed by atoms with E-state index in [0.717, 1.165) is 29.5 Å². The topological polar surface area (TPSA) is 71.8 Å². The highest BCUT2D eigenvalue weighted by Gasteiger charge is 2.22. The van der Waals surface area contributed by atoms with Crippen molar-refractivity contribution in [3.05, 3.63) is 88.3 Å². The molecule has 0 aliphatic carbocycles. The predicted molar refractivity (Wildman–Crippen MR) is 146 cm³/mol. The van der Waals surface area contributed by atoms with Gasteiger partial charge in [-0.05, 0) is 60.9 Å². The third-order valence-electron chi connectivity index (χ3n) is 5.85. The van der Waals surface area contributed by atoms with Crippen LogP contribution < -0.4 is 15.8 Å². The van der Waals surface area contributed by atoms with E-state index in [-0.39, 0.29) is 6.61 Å². The Bertz CT molecular complexity index is 1530. The molecule has 0 fully saturated rings. The van der Waals surface area contributed by atoms with Crippen molar-refractivity contribution in [2.45, 2.75) is 30.1 Å². The summed E-state index contributed by atoms with van der Waals surface area (Å²) < 4.78 is 10.3. The smallest absolute Gasteiger partial charge is 0.411 e. The Balaban J connectivity index is 1.45. The molecule has 182 valence electrons. The molecule has 1 aliphatic heterocycles. The van der Waals surface area contributed by atoms with Gasteiger partial charge in [0.1, 0.15) is 5.58 Å². The van der Waals surface area contributed by atoms with E-state index in [1.54, 1.807) is 30.8 Å². The van der Waals surface area contributed by atoms with Gasteiger partial charge in [0.25, 0.3) is 0 Å². The number of benzene rings is 3. The fourth-order valence-electron chi connectivity index (χ4n) is 4.29. The molecule has 0 bridgehead atoms. The molecule has 1 aromatic heterocycles. The number of rotatable bonds is 6. The molecule has 5 rings (SSSR count). The molecule has 3 aromatic carbocycles. The fourth-order valence-corrected chi connectivity index (χ4v) is 5.44. The zero-order chi connectivity index (χ0) is 25.1. The van der Waals surface area contributed by atoms with Gasteiger partial charge in [0.2, 0.25) is 0 Å². The maximum Gasteiger partial charge on any atom is 0.411 e. The number of anilines is 3. The average molecular weight is 499 g/mol. The van der Waals surface area contributed by atoms with Crippen LogP contribution in [0.5, 0.6) is 0 Å². The van der Waals surface area contributed by atoms with Crippen molar-refractivity contribution in [2.75, 3.05) is 23.4 Å². The minimum atomic E-state index is -0.555. The lowest BCUT2D eigenvalue weighted by atomic mass is 10.1. The molecule has 1 amide bonds. The third kappa shape index (κ3) is 4.88. The lowest BCUT2D eigenvalue weighted by molar-refractivity contribution is 0.168. The van der Waals surface area contributed by atoms with Crippen molar-refractivity contribution in [2.24, 2.45) is 0 Å². The monoisotopic (exact) mass is 498 g/mol. The molecule has 36 heavy (non-hydrogen) atoms. The van der Waals surface area contributed by atoms with Crippen molar-refractivity contribution in [3.8, 4) is 0 Å². The highest BCUT2D eigenvalue weighted by atomic mass is 32.2. The maximum atomic E-state index is 12.2. The molecule has 0 unspecified atom stereocenters. The van der Waals surface area contributed by atoms with E-state index in [1.807, 2.05) is 18.2 Å². The first-order valence-electron chi connectivity index (χ1n) is 11.9. The molecule has 2 heterocycles.